The molecule has 4 nitrogen and oxygen atoms in total. The fourth-order valence-corrected chi connectivity index (χ4v) is 4.61. The first kappa shape index (κ1) is 33.0. The molecule has 2 N–H and O–H groups in total. The molecule has 30 heavy (non-hydrogen) atoms. The molecule has 0 amide bonds. The SMILES string of the molecule is CCCCCCCCCCCCCCCCCCCCCCC(O)CS(=O)(=O)O.[NaH]. The first-order valence-corrected chi connectivity index (χ1v) is 14.2. The average Bonchev–Trinajstić information content (AvgIpc) is 2.65. The third kappa shape index (κ3) is 28.9. The van der Waals surface area contributed by atoms with Gasteiger partial charge in [-0.05, 0) is 6.42 Å². The Hall–Kier alpha value is 0.870. The van der Waals surface area contributed by atoms with Crippen molar-refractivity contribution in [3.63, 3.8) is 0 Å². The molecule has 0 radical (unpaired) electrons. The zero-order valence-corrected chi connectivity index (χ0v) is 20.1. The van der Waals surface area contributed by atoms with E-state index in [1.165, 1.54) is 109 Å². The Labute approximate surface area is 210 Å². The first-order chi connectivity index (χ1) is 14.0. The van der Waals surface area contributed by atoms with Crippen LogP contribution < -0.4 is 0 Å². The van der Waals surface area contributed by atoms with Crippen molar-refractivity contribution in [2.45, 2.75) is 148 Å². The minimum absolute atomic E-state index is 0. The van der Waals surface area contributed by atoms with E-state index in [1.54, 1.807) is 0 Å². The van der Waals surface area contributed by atoms with E-state index in [9.17, 15) is 13.5 Å². The van der Waals surface area contributed by atoms with Crippen molar-refractivity contribution in [3.8, 4) is 0 Å². The molecule has 0 heterocycles. The maximum absolute atomic E-state index is 10.6. The second-order valence-corrected chi connectivity index (χ2v) is 10.4. The second kappa shape index (κ2) is 24.5. The van der Waals surface area contributed by atoms with Crippen LogP contribution in [-0.4, -0.2) is 59.5 Å². The number of aliphatic hydroxyl groups is 1. The number of hydrogen-bond acceptors (Lipinski definition) is 3. The third-order valence-corrected chi connectivity index (χ3v) is 6.60. The summed E-state index contributed by atoms with van der Waals surface area (Å²) >= 11 is 0. The summed E-state index contributed by atoms with van der Waals surface area (Å²) in [5.74, 6) is -0.536. The van der Waals surface area contributed by atoms with Gasteiger partial charge in [0.15, 0.2) is 0 Å². The van der Waals surface area contributed by atoms with Gasteiger partial charge >= 0.3 is 29.6 Å². The van der Waals surface area contributed by atoms with Gasteiger partial charge in [-0.1, -0.05) is 135 Å². The van der Waals surface area contributed by atoms with E-state index in [2.05, 4.69) is 6.92 Å². The van der Waals surface area contributed by atoms with Crippen molar-refractivity contribution < 1.29 is 18.1 Å². The summed E-state index contributed by atoms with van der Waals surface area (Å²) in [6, 6.07) is 0. The third-order valence-electron chi connectivity index (χ3n) is 5.79. The molecule has 6 heteroatoms. The van der Waals surface area contributed by atoms with E-state index >= 15 is 0 Å². The van der Waals surface area contributed by atoms with Gasteiger partial charge in [0, 0.05) is 0 Å². The molecule has 0 aliphatic carbocycles. The van der Waals surface area contributed by atoms with E-state index in [0.717, 1.165) is 19.3 Å². The molecule has 0 aromatic heterocycles. The van der Waals surface area contributed by atoms with Crippen LogP contribution in [0.5, 0.6) is 0 Å². The van der Waals surface area contributed by atoms with Crippen molar-refractivity contribution in [1.29, 1.82) is 0 Å². The van der Waals surface area contributed by atoms with E-state index in [0.29, 0.717) is 6.42 Å². The summed E-state index contributed by atoms with van der Waals surface area (Å²) in [5, 5.41) is 9.50. The average molecular weight is 459 g/mol. The fraction of sp³-hybridized carbons (Fsp3) is 1.00. The molecule has 0 saturated carbocycles. The zero-order chi connectivity index (χ0) is 21.6. The molecule has 0 aliphatic heterocycles. The molecule has 0 aromatic carbocycles. The predicted molar refractivity (Wildman–Crippen MR) is 132 cm³/mol. The molecular formula is C24H51NaO4S. The van der Waals surface area contributed by atoms with Gasteiger partial charge in [0.25, 0.3) is 10.1 Å². The molecule has 0 spiro atoms. The van der Waals surface area contributed by atoms with Crippen molar-refractivity contribution in [3.05, 3.63) is 0 Å². The summed E-state index contributed by atoms with van der Waals surface area (Å²) < 4.78 is 30.0. The van der Waals surface area contributed by atoms with Gasteiger partial charge in [0.1, 0.15) is 5.75 Å². The van der Waals surface area contributed by atoms with Gasteiger partial charge in [0.05, 0.1) is 6.10 Å². The summed E-state index contributed by atoms with van der Waals surface area (Å²) in [6.45, 7) is 2.28. The molecule has 0 saturated heterocycles. The second-order valence-electron chi connectivity index (χ2n) is 8.91. The Morgan fingerprint density at radius 2 is 0.833 bits per heavy atom. The van der Waals surface area contributed by atoms with Crippen molar-refractivity contribution >= 4 is 39.7 Å². The topological polar surface area (TPSA) is 74.6 Å². The van der Waals surface area contributed by atoms with Crippen LogP contribution in [0.3, 0.4) is 0 Å². The molecule has 0 fully saturated rings. The summed E-state index contributed by atoms with van der Waals surface area (Å²) in [4.78, 5) is 0. The minimum atomic E-state index is -4.05. The number of hydrogen-bond donors (Lipinski definition) is 2. The van der Waals surface area contributed by atoms with Gasteiger partial charge in [0.2, 0.25) is 0 Å². The van der Waals surface area contributed by atoms with Gasteiger partial charge in [-0.25, -0.2) is 0 Å². The number of unbranched alkanes of at least 4 members (excludes halogenated alkanes) is 19. The molecule has 1 atom stereocenters. The molecule has 0 bridgehead atoms. The quantitative estimate of drug-likeness (QED) is 0.100. The maximum atomic E-state index is 10.6. The standard InChI is InChI=1S/C24H50O4S.Na.H/c1-2-3-4-5-6-7-8-9-10-11-12-13-14-15-16-17-18-19-20-21-22-24(25)23-29(26,27)28;;/h24-25H,2-23H2,1H3,(H,26,27,28);;. The first-order valence-electron chi connectivity index (χ1n) is 12.6. The number of aliphatic hydroxyl groups excluding tert-OH is 1. The van der Waals surface area contributed by atoms with E-state index in [4.69, 9.17) is 4.55 Å². The van der Waals surface area contributed by atoms with Gasteiger partial charge in [-0.3, -0.25) is 4.55 Å². The van der Waals surface area contributed by atoms with E-state index in [-0.39, 0.29) is 29.6 Å². The molecule has 0 aromatic rings. The Balaban J connectivity index is 0. The van der Waals surface area contributed by atoms with Crippen molar-refractivity contribution in [2.75, 3.05) is 5.75 Å². The van der Waals surface area contributed by atoms with Crippen LogP contribution in [0.2, 0.25) is 0 Å². The van der Waals surface area contributed by atoms with Crippen LogP contribution in [-0.2, 0) is 10.1 Å². The number of rotatable bonds is 23. The van der Waals surface area contributed by atoms with Crippen LogP contribution in [0.15, 0.2) is 0 Å². The zero-order valence-electron chi connectivity index (χ0n) is 19.3. The predicted octanol–water partition coefficient (Wildman–Crippen LogP) is 6.80. The van der Waals surface area contributed by atoms with E-state index in [1.807, 2.05) is 0 Å². The monoisotopic (exact) mass is 458 g/mol. The van der Waals surface area contributed by atoms with Gasteiger partial charge in [-0.15, -0.1) is 0 Å². The van der Waals surface area contributed by atoms with Crippen LogP contribution in [0.25, 0.3) is 0 Å². The van der Waals surface area contributed by atoms with Crippen molar-refractivity contribution in [2.24, 2.45) is 0 Å². The normalized spacial score (nSPS) is 12.6. The van der Waals surface area contributed by atoms with E-state index < -0.39 is 22.0 Å². The molecule has 0 rings (SSSR count). The van der Waals surface area contributed by atoms with Crippen molar-refractivity contribution in [1.82, 2.24) is 0 Å². The van der Waals surface area contributed by atoms with Gasteiger partial charge < -0.3 is 5.11 Å². The van der Waals surface area contributed by atoms with Crippen LogP contribution in [0.4, 0.5) is 0 Å². The van der Waals surface area contributed by atoms with Crippen LogP contribution >= 0.6 is 0 Å². The molecular weight excluding hydrogens is 407 g/mol. The Morgan fingerprint density at radius 3 is 1.10 bits per heavy atom. The fourth-order valence-electron chi connectivity index (χ4n) is 3.96. The Kier molecular flexibility index (Phi) is 27.0. The Morgan fingerprint density at radius 1 is 0.567 bits per heavy atom. The summed E-state index contributed by atoms with van der Waals surface area (Å²) in [5.41, 5.74) is 0. The molecule has 178 valence electrons. The summed E-state index contributed by atoms with van der Waals surface area (Å²) in [6.07, 6.45) is 26.1. The van der Waals surface area contributed by atoms with Crippen LogP contribution in [0, 0.1) is 0 Å². The van der Waals surface area contributed by atoms with Gasteiger partial charge in [-0.2, -0.15) is 8.42 Å². The molecule has 0 aliphatic rings. The molecule has 1 unspecified atom stereocenters. The summed E-state index contributed by atoms with van der Waals surface area (Å²) in [7, 11) is -4.05. The van der Waals surface area contributed by atoms with Crippen LogP contribution in [0.1, 0.15) is 142 Å². The Bertz CT molecular complexity index is 429.